The highest BCUT2D eigenvalue weighted by Gasteiger charge is 2.65. The van der Waals surface area contributed by atoms with Gasteiger partial charge in [-0.1, -0.05) is 37.1 Å². The molecular formula is C40H61N3O8. The van der Waals surface area contributed by atoms with Gasteiger partial charge < -0.3 is 34.0 Å². The third-order valence-corrected chi connectivity index (χ3v) is 10.5. The van der Waals surface area contributed by atoms with Crippen LogP contribution >= 0.6 is 0 Å². The van der Waals surface area contributed by atoms with Crippen LogP contribution in [0.2, 0.25) is 0 Å². The van der Waals surface area contributed by atoms with Gasteiger partial charge in [0.1, 0.15) is 29.7 Å². The molecule has 51 heavy (non-hydrogen) atoms. The molecule has 0 radical (unpaired) electrons. The number of rotatable bonds is 19. The maximum atomic E-state index is 13.7. The Morgan fingerprint density at radius 3 is 2.55 bits per heavy atom. The van der Waals surface area contributed by atoms with E-state index in [0.717, 1.165) is 74.3 Å². The van der Waals surface area contributed by atoms with Crippen LogP contribution < -0.4 is 9.47 Å². The molecular weight excluding hydrogens is 650 g/mol. The Hall–Kier alpha value is -3.12. The van der Waals surface area contributed by atoms with Gasteiger partial charge >= 0.3 is 6.09 Å². The first-order chi connectivity index (χ1) is 24.6. The Kier molecular flexibility index (Phi) is 13.5. The van der Waals surface area contributed by atoms with Gasteiger partial charge in [-0.25, -0.2) is 4.79 Å². The van der Waals surface area contributed by atoms with Crippen molar-refractivity contribution in [2.45, 2.75) is 102 Å². The summed E-state index contributed by atoms with van der Waals surface area (Å²) in [4.78, 5) is 23.9. The zero-order valence-corrected chi connectivity index (χ0v) is 31.5. The van der Waals surface area contributed by atoms with Crippen LogP contribution in [0.15, 0.2) is 47.7 Å². The summed E-state index contributed by atoms with van der Waals surface area (Å²) in [6, 6.07) is 5.50. The number of oxime groups is 1. The smallest absolute Gasteiger partial charge is 0.409 e. The van der Waals surface area contributed by atoms with Gasteiger partial charge in [-0.15, -0.1) is 6.58 Å². The lowest BCUT2D eigenvalue weighted by Gasteiger charge is -2.60. The van der Waals surface area contributed by atoms with E-state index in [1.54, 1.807) is 11.0 Å². The summed E-state index contributed by atoms with van der Waals surface area (Å²) >= 11 is 0. The average Bonchev–Trinajstić information content (AvgIpc) is 3.94. The van der Waals surface area contributed by atoms with Crippen molar-refractivity contribution in [1.82, 2.24) is 9.80 Å². The first-order valence-corrected chi connectivity index (χ1v) is 19.1. The van der Waals surface area contributed by atoms with Crippen LogP contribution in [-0.2, 0) is 14.3 Å². The number of carbonyl (C=O) groups is 1. The maximum Gasteiger partial charge on any atom is 0.409 e. The molecule has 0 spiro atoms. The summed E-state index contributed by atoms with van der Waals surface area (Å²) in [5.74, 6) is 0.0401. The number of allylic oxidation sites excluding steroid dienone is 1. The second-order valence-corrected chi connectivity index (χ2v) is 15.3. The van der Waals surface area contributed by atoms with E-state index in [2.05, 4.69) is 23.6 Å². The molecule has 2 N–H and O–H groups in total. The molecule has 5 rings (SSSR count). The van der Waals surface area contributed by atoms with Crippen LogP contribution in [0.25, 0.3) is 0 Å². The third-order valence-electron chi connectivity index (χ3n) is 10.5. The van der Waals surface area contributed by atoms with E-state index in [4.69, 9.17) is 28.9 Å². The summed E-state index contributed by atoms with van der Waals surface area (Å²) in [5.41, 5.74) is 2.29. The predicted molar refractivity (Wildman–Crippen MR) is 197 cm³/mol. The quantitative estimate of drug-likeness (QED) is 0.0738. The van der Waals surface area contributed by atoms with Gasteiger partial charge in [0.15, 0.2) is 0 Å². The van der Waals surface area contributed by atoms with Crippen molar-refractivity contribution in [1.29, 1.82) is 0 Å². The van der Waals surface area contributed by atoms with Gasteiger partial charge in [-0.3, -0.25) is 9.80 Å². The minimum absolute atomic E-state index is 0.101. The molecule has 4 aliphatic rings. The van der Waals surface area contributed by atoms with Crippen molar-refractivity contribution in [3.05, 3.63) is 48.1 Å². The monoisotopic (exact) mass is 711 g/mol. The topological polar surface area (TPSA) is 122 Å². The number of benzene rings is 1. The van der Waals surface area contributed by atoms with Crippen molar-refractivity contribution in [3.63, 3.8) is 0 Å². The van der Waals surface area contributed by atoms with Crippen molar-refractivity contribution in [2.75, 3.05) is 59.7 Å². The minimum Gasteiger partial charge on any atom is -0.492 e. The van der Waals surface area contributed by atoms with Crippen LogP contribution in [0.3, 0.4) is 0 Å². The fraction of sp³-hybridized carbons (Fsp3) is 0.700. The summed E-state index contributed by atoms with van der Waals surface area (Å²) in [7, 11) is 1.41. The molecule has 6 unspecified atom stereocenters. The fourth-order valence-corrected chi connectivity index (χ4v) is 8.25. The molecule has 0 bridgehead atoms. The van der Waals surface area contributed by atoms with E-state index in [1.807, 2.05) is 39.8 Å². The van der Waals surface area contributed by atoms with E-state index in [-0.39, 0.29) is 43.5 Å². The molecule has 2 heterocycles. The molecule has 1 saturated carbocycles. The fourth-order valence-electron chi connectivity index (χ4n) is 8.25. The number of carbonyl (C=O) groups excluding carboxylic acids is 1. The van der Waals surface area contributed by atoms with Crippen molar-refractivity contribution < 1.29 is 38.8 Å². The van der Waals surface area contributed by atoms with Crippen LogP contribution in [0, 0.1) is 17.8 Å². The highest BCUT2D eigenvalue weighted by Crippen LogP contribution is 2.62. The van der Waals surface area contributed by atoms with E-state index < -0.39 is 23.5 Å². The van der Waals surface area contributed by atoms with Gasteiger partial charge in [-0.2, -0.15) is 0 Å². The van der Waals surface area contributed by atoms with E-state index in [0.29, 0.717) is 38.2 Å². The number of aliphatic hydroxyl groups is 2. The zero-order valence-electron chi connectivity index (χ0n) is 31.5. The van der Waals surface area contributed by atoms with Crippen molar-refractivity contribution in [2.24, 2.45) is 22.9 Å². The lowest BCUT2D eigenvalue weighted by atomic mass is 9.55. The van der Waals surface area contributed by atoms with Gasteiger partial charge in [0.25, 0.3) is 0 Å². The zero-order chi connectivity index (χ0) is 36.6. The van der Waals surface area contributed by atoms with Gasteiger partial charge in [-0.05, 0) is 88.5 Å². The molecule has 6 atom stereocenters. The number of hydrogen-bond donors (Lipinski definition) is 2. The molecule has 284 valence electrons. The van der Waals surface area contributed by atoms with Crippen LogP contribution in [0.4, 0.5) is 4.79 Å². The highest BCUT2D eigenvalue weighted by atomic mass is 16.7. The Morgan fingerprint density at radius 1 is 1.16 bits per heavy atom. The average molecular weight is 712 g/mol. The Balaban J connectivity index is 1.75. The molecule has 2 aliphatic heterocycles. The molecule has 1 aromatic rings. The molecule has 2 fully saturated rings. The lowest BCUT2D eigenvalue weighted by Crippen LogP contribution is -2.70. The largest absolute Gasteiger partial charge is 0.492 e. The number of fused-ring (bicyclic) bond motifs is 2. The number of amides is 1. The van der Waals surface area contributed by atoms with Crippen LogP contribution in [0.1, 0.15) is 90.5 Å². The SMILES string of the molecule is C=CCOC12Oc3ccc(OCCN4CC4)cc3C3C(CCCCO)C(CCCCO)C=C(C(=NOC(C)(C)C)CC1N(CCC)C(=O)OC)C32. The molecule has 0 aromatic heterocycles. The number of unbranched alkanes of at least 4 members (excludes halogenated alkanes) is 2. The first-order valence-electron chi connectivity index (χ1n) is 19.1. The number of aliphatic hydroxyl groups excluding tert-OH is 2. The normalized spacial score (nSPS) is 27.5. The summed E-state index contributed by atoms with van der Waals surface area (Å²) in [6.45, 7) is 16.6. The summed E-state index contributed by atoms with van der Waals surface area (Å²) < 4.78 is 25.9. The Bertz CT molecular complexity index is 1390. The number of methoxy groups -OCH3 is 1. The number of hydrogen-bond acceptors (Lipinski definition) is 10. The first kappa shape index (κ1) is 39.1. The van der Waals surface area contributed by atoms with Crippen molar-refractivity contribution in [3.8, 4) is 11.5 Å². The molecule has 1 aromatic carbocycles. The minimum atomic E-state index is -1.30. The highest BCUT2D eigenvalue weighted by molar-refractivity contribution is 6.03. The van der Waals surface area contributed by atoms with E-state index in [9.17, 15) is 15.0 Å². The molecule has 1 saturated heterocycles. The molecule has 1 amide bonds. The van der Waals surface area contributed by atoms with Crippen molar-refractivity contribution >= 4 is 11.8 Å². The predicted octanol–water partition coefficient (Wildman–Crippen LogP) is 6.29. The number of nitrogens with zero attached hydrogens (tertiary/aromatic N) is 3. The second kappa shape index (κ2) is 17.6. The molecule has 2 aliphatic carbocycles. The second-order valence-electron chi connectivity index (χ2n) is 15.3. The Morgan fingerprint density at radius 2 is 1.90 bits per heavy atom. The maximum absolute atomic E-state index is 13.7. The third kappa shape index (κ3) is 9.10. The molecule has 11 heteroatoms. The summed E-state index contributed by atoms with van der Waals surface area (Å²) in [6.07, 6.45) is 9.59. The van der Waals surface area contributed by atoms with Gasteiger partial charge in [0, 0.05) is 57.3 Å². The van der Waals surface area contributed by atoms with E-state index in [1.165, 1.54) is 7.11 Å². The standard InChI is InChI=1S/C40H61N3O8/c1-7-17-43(38(46)47-6)35-27-33(41-51-39(3,4)5)31-25-28(13-9-11-21-44)30(14-10-12-22-45)36-32-26-29(48-24-20-42-18-19-42)15-16-34(32)50-40(35,37(31)36)49-23-8-2/h8,15-16,25-26,28,30,35-37,44-45H,2,7,9-14,17-24,27H2,1,3-6H3. The van der Waals surface area contributed by atoms with E-state index >= 15 is 0 Å². The molecule has 11 nitrogen and oxygen atoms in total. The Labute approximate surface area is 304 Å². The van der Waals surface area contributed by atoms with Crippen LogP contribution in [-0.4, -0.2) is 109 Å². The lowest BCUT2D eigenvalue weighted by molar-refractivity contribution is -0.255. The van der Waals surface area contributed by atoms with Gasteiger partial charge in [0.05, 0.1) is 25.3 Å². The number of ether oxygens (including phenoxy) is 4. The summed E-state index contributed by atoms with van der Waals surface area (Å²) in [5, 5.41) is 24.5. The van der Waals surface area contributed by atoms with Gasteiger partial charge in [0.2, 0.25) is 5.79 Å². The van der Waals surface area contributed by atoms with Crippen LogP contribution in [0.5, 0.6) is 11.5 Å².